The Hall–Kier alpha value is -2.34. The fourth-order valence-corrected chi connectivity index (χ4v) is 2.17. The van der Waals surface area contributed by atoms with Crippen molar-refractivity contribution >= 4 is 33.6 Å². The van der Waals surface area contributed by atoms with E-state index in [0.717, 1.165) is 10.0 Å². The SMILES string of the molecule is COC(=O)c1ccc(CNC(=O)Nc2ccccc2Br)cc1. The quantitative estimate of drug-likeness (QED) is 0.817. The maximum Gasteiger partial charge on any atom is 0.337 e. The minimum atomic E-state index is -0.383. The number of nitrogens with one attached hydrogen (secondary N) is 2. The third-order valence-electron chi connectivity index (χ3n) is 2.95. The first-order chi connectivity index (χ1) is 10.6. The molecule has 0 aromatic heterocycles. The Balaban J connectivity index is 1.89. The molecule has 0 aliphatic rings. The molecule has 0 radical (unpaired) electrons. The van der Waals surface area contributed by atoms with Crippen molar-refractivity contribution < 1.29 is 14.3 Å². The molecule has 114 valence electrons. The highest BCUT2D eigenvalue weighted by molar-refractivity contribution is 9.10. The summed E-state index contributed by atoms with van der Waals surface area (Å²) in [6.07, 6.45) is 0. The van der Waals surface area contributed by atoms with Crippen LogP contribution in [-0.4, -0.2) is 19.1 Å². The molecular formula is C16H15BrN2O3. The van der Waals surface area contributed by atoms with Gasteiger partial charge in [0.15, 0.2) is 0 Å². The molecule has 22 heavy (non-hydrogen) atoms. The van der Waals surface area contributed by atoms with Gasteiger partial charge in [-0.05, 0) is 45.8 Å². The van der Waals surface area contributed by atoms with Gasteiger partial charge in [-0.2, -0.15) is 0 Å². The number of hydrogen-bond acceptors (Lipinski definition) is 3. The van der Waals surface area contributed by atoms with Crippen molar-refractivity contribution in [2.75, 3.05) is 12.4 Å². The Morgan fingerprint density at radius 2 is 1.77 bits per heavy atom. The van der Waals surface area contributed by atoms with Crippen molar-refractivity contribution in [3.63, 3.8) is 0 Å². The lowest BCUT2D eigenvalue weighted by Gasteiger charge is -2.09. The van der Waals surface area contributed by atoms with E-state index in [1.807, 2.05) is 18.2 Å². The minimum absolute atomic E-state index is 0.302. The topological polar surface area (TPSA) is 67.4 Å². The van der Waals surface area contributed by atoms with E-state index in [4.69, 9.17) is 0 Å². The van der Waals surface area contributed by atoms with Gasteiger partial charge >= 0.3 is 12.0 Å². The number of para-hydroxylation sites is 1. The highest BCUT2D eigenvalue weighted by Gasteiger charge is 2.06. The summed E-state index contributed by atoms with van der Waals surface area (Å²) in [5, 5.41) is 5.50. The van der Waals surface area contributed by atoms with E-state index in [9.17, 15) is 9.59 Å². The first kappa shape index (κ1) is 16.0. The number of amides is 2. The van der Waals surface area contributed by atoms with Crippen molar-refractivity contribution in [1.82, 2.24) is 5.32 Å². The molecule has 0 atom stereocenters. The average molecular weight is 363 g/mol. The molecule has 5 nitrogen and oxygen atoms in total. The first-order valence-corrected chi connectivity index (χ1v) is 7.36. The van der Waals surface area contributed by atoms with Gasteiger partial charge in [0, 0.05) is 11.0 Å². The van der Waals surface area contributed by atoms with Gasteiger partial charge in [-0.3, -0.25) is 0 Å². The van der Waals surface area contributed by atoms with Crippen LogP contribution in [-0.2, 0) is 11.3 Å². The number of urea groups is 1. The van der Waals surface area contributed by atoms with Crippen LogP contribution in [0.5, 0.6) is 0 Å². The fraction of sp³-hybridized carbons (Fsp3) is 0.125. The summed E-state index contributed by atoms with van der Waals surface area (Å²) in [6.45, 7) is 0.359. The van der Waals surface area contributed by atoms with Gasteiger partial charge in [0.25, 0.3) is 0 Å². The molecule has 2 aromatic carbocycles. The van der Waals surface area contributed by atoms with Crippen molar-refractivity contribution in [2.24, 2.45) is 0 Å². The number of anilines is 1. The molecule has 2 rings (SSSR count). The van der Waals surface area contributed by atoms with E-state index in [1.165, 1.54) is 7.11 Å². The molecule has 0 aliphatic heterocycles. The maximum atomic E-state index is 11.8. The summed E-state index contributed by atoms with van der Waals surface area (Å²) >= 11 is 3.36. The van der Waals surface area contributed by atoms with Crippen LogP contribution >= 0.6 is 15.9 Å². The molecular weight excluding hydrogens is 348 g/mol. The highest BCUT2D eigenvalue weighted by atomic mass is 79.9. The normalized spacial score (nSPS) is 9.91. The van der Waals surface area contributed by atoms with E-state index in [0.29, 0.717) is 17.8 Å². The molecule has 0 unspecified atom stereocenters. The Morgan fingerprint density at radius 1 is 1.09 bits per heavy atom. The second-order valence-electron chi connectivity index (χ2n) is 4.48. The van der Waals surface area contributed by atoms with Crippen LogP contribution in [0.1, 0.15) is 15.9 Å². The Labute approximate surface area is 136 Å². The van der Waals surface area contributed by atoms with Crippen LogP contribution in [0.15, 0.2) is 53.0 Å². The molecule has 2 amide bonds. The predicted molar refractivity (Wildman–Crippen MR) is 87.8 cm³/mol. The Morgan fingerprint density at radius 3 is 2.41 bits per heavy atom. The monoisotopic (exact) mass is 362 g/mol. The van der Waals surface area contributed by atoms with Crippen LogP contribution in [0, 0.1) is 0 Å². The summed E-state index contributed by atoms with van der Waals surface area (Å²) in [6, 6.07) is 13.9. The van der Waals surface area contributed by atoms with Crippen molar-refractivity contribution in [1.29, 1.82) is 0 Å². The molecule has 0 saturated carbocycles. The van der Waals surface area contributed by atoms with Gasteiger partial charge in [-0.15, -0.1) is 0 Å². The van der Waals surface area contributed by atoms with Gasteiger partial charge in [-0.1, -0.05) is 24.3 Å². The molecule has 0 saturated heterocycles. The van der Waals surface area contributed by atoms with Gasteiger partial charge in [0.2, 0.25) is 0 Å². The fourth-order valence-electron chi connectivity index (χ4n) is 1.79. The van der Waals surface area contributed by atoms with Crippen molar-refractivity contribution in [2.45, 2.75) is 6.54 Å². The second kappa shape index (κ2) is 7.61. The molecule has 0 heterocycles. The van der Waals surface area contributed by atoms with Crippen LogP contribution in [0.25, 0.3) is 0 Å². The Kier molecular flexibility index (Phi) is 5.55. The lowest BCUT2D eigenvalue weighted by Crippen LogP contribution is -2.28. The number of rotatable bonds is 4. The smallest absolute Gasteiger partial charge is 0.337 e. The van der Waals surface area contributed by atoms with Gasteiger partial charge in [-0.25, -0.2) is 9.59 Å². The predicted octanol–water partition coefficient (Wildman–Crippen LogP) is 3.56. The summed E-state index contributed by atoms with van der Waals surface area (Å²) < 4.78 is 5.44. The second-order valence-corrected chi connectivity index (χ2v) is 5.33. The van der Waals surface area contributed by atoms with Crippen LogP contribution in [0.4, 0.5) is 10.5 Å². The number of hydrogen-bond donors (Lipinski definition) is 2. The number of methoxy groups -OCH3 is 1. The number of halogens is 1. The molecule has 2 aromatic rings. The zero-order valence-electron chi connectivity index (χ0n) is 11.9. The van der Waals surface area contributed by atoms with E-state index < -0.39 is 0 Å². The lowest BCUT2D eigenvalue weighted by molar-refractivity contribution is 0.0600. The van der Waals surface area contributed by atoms with E-state index in [2.05, 4.69) is 31.3 Å². The molecule has 0 bridgehead atoms. The van der Waals surface area contributed by atoms with E-state index in [-0.39, 0.29) is 12.0 Å². The minimum Gasteiger partial charge on any atom is -0.465 e. The summed E-state index contributed by atoms with van der Waals surface area (Å²) in [5.74, 6) is -0.383. The lowest BCUT2D eigenvalue weighted by atomic mass is 10.1. The summed E-state index contributed by atoms with van der Waals surface area (Å²) in [4.78, 5) is 23.2. The largest absolute Gasteiger partial charge is 0.465 e. The van der Waals surface area contributed by atoms with E-state index in [1.54, 1.807) is 30.3 Å². The van der Waals surface area contributed by atoms with Gasteiger partial charge < -0.3 is 15.4 Å². The first-order valence-electron chi connectivity index (χ1n) is 6.57. The molecule has 2 N–H and O–H groups in total. The number of esters is 1. The molecule has 6 heteroatoms. The third-order valence-corrected chi connectivity index (χ3v) is 3.64. The Bertz CT molecular complexity index is 671. The van der Waals surface area contributed by atoms with Crippen LogP contribution < -0.4 is 10.6 Å². The number of carbonyl (C=O) groups is 2. The van der Waals surface area contributed by atoms with Crippen LogP contribution in [0.3, 0.4) is 0 Å². The molecule has 0 fully saturated rings. The zero-order chi connectivity index (χ0) is 15.9. The van der Waals surface area contributed by atoms with Crippen molar-refractivity contribution in [3.8, 4) is 0 Å². The highest BCUT2D eigenvalue weighted by Crippen LogP contribution is 2.20. The molecule has 0 spiro atoms. The standard InChI is InChI=1S/C16H15BrN2O3/c1-22-15(20)12-8-6-11(7-9-12)10-18-16(21)19-14-5-3-2-4-13(14)17/h2-9H,10H2,1H3,(H2,18,19,21). The number of carbonyl (C=O) groups excluding carboxylic acids is 2. The van der Waals surface area contributed by atoms with Crippen molar-refractivity contribution in [3.05, 3.63) is 64.1 Å². The summed E-state index contributed by atoms with van der Waals surface area (Å²) in [5.41, 5.74) is 2.06. The zero-order valence-corrected chi connectivity index (χ0v) is 13.5. The average Bonchev–Trinajstić information content (AvgIpc) is 2.55. The maximum absolute atomic E-state index is 11.8. The van der Waals surface area contributed by atoms with Gasteiger partial charge in [0.05, 0.1) is 18.4 Å². The van der Waals surface area contributed by atoms with Crippen LogP contribution in [0.2, 0.25) is 0 Å². The number of ether oxygens (including phenoxy) is 1. The molecule has 0 aliphatic carbocycles. The third kappa shape index (κ3) is 4.33. The number of benzene rings is 2. The van der Waals surface area contributed by atoms with E-state index >= 15 is 0 Å². The van der Waals surface area contributed by atoms with Gasteiger partial charge in [0.1, 0.15) is 0 Å². The summed E-state index contributed by atoms with van der Waals surface area (Å²) in [7, 11) is 1.34.